The van der Waals surface area contributed by atoms with Gasteiger partial charge in [0.15, 0.2) is 11.5 Å². The van der Waals surface area contributed by atoms with Gasteiger partial charge in [0.25, 0.3) is 5.91 Å². The number of aromatic nitrogens is 3. The van der Waals surface area contributed by atoms with E-state index in [0.717, 1.165) is 28.4 Å². The topological polar surface area (TPSA) is 75.7 Å². The molecule has 0 aliphatic heterocycles. The predicted molar refractivity (Wildman–Crippen MR) is 109 cm³/mol. The highest BCUT2D eigenvalue weighted by atomic mass is 16.5. The number of carbonyl (C=O) groups excluding carboxylic acids is 1. The van der Waals surface area contributed by atoms with Crippen LogP contribution in [0.25, 0.3) is 5.65 Å². The molecule has 3 aromatic heterocycles. The molecular formula is C22H23N5O2. The van der Waals surface area contributed by atoms with E-state index in [9.17, 15) is 4.79 Å². The van der Waals surface area contributed by atoms with Crippen molar-refractivity contribution in [2.75, 3.05) is 7.05 Å². The molecule has 4 aromatic rings. The monoisotopic (exact) mass is 389 g/mol. The van der Waals surface area contributed by atoms with Gasteiger partial charge in [0, 0.05) is 32.4 Å². The first-order chi connectivity index (χ1) is 14.1. The third-order valence-electron chi connectivity index (χ3n) is 4.71. The zero-order valence-electron chi connectivity index (χ0n) is 16.5. The summed E-state index contributed by atoms with van der Waals surface area (Å²) >= 11 is 0. The van der Waals surface area contributed by atoms with Crippen LogP contribution in [-0.2, 0) is 19.6 Å². The highest BCUT2D eigenvalue weighted by Crippen LogP contribution is 2.16. The maximum atomic E-state index is 13.2. The molecule has 0 aliphatic carbocycles. The number of hydrogen-bond donors (Lipinski definition) is 1. The fourth-order valence-electron chi connectivity index (χ4n) is 3.30. The average molecular weight is 389 g/mol. The van der Waals surface area contributed by atoms with Gasteiger partial charge in [0.2, 0.25) is 0 Å². The van der Waals surface area contributed by atoms with Crippen molar-refractivity contribution in [2.45, 2.75) is 26.6 Å². The van der Waals surface area contributed by atoms with Crippen LogP contribution < -0.4 is 5.32 Å². The van der Waals surface area contributed by atoms with E-state index in [1.165, 1.54) is 0 Å². The van der Waals surface area contributed by atoms with E-state index in [-0.39, 0.29) is 5.91 Å². The second-order valence-electron chi connectivity index (χ2n) is 7.02. The lowest BCUT2D eigenvalue weighted by Crippen LogP contribution is -2.28. The molecule has 0 radical (unpaired) electrons. The van der Waals surface area contributed by atoms with Crippen molar-refractivity contribution in [3.05, 3.63) is 89.2 Å². The molecule has 148 valence electrons. The number of nitrogens with one attached hydrogen (secondary N) is 1. The van der Waals surface area contributed by atoms with Crippen LogP contribution in [0.3, 0.4) is 0 Å². The van der Waals surface area contributed by atoms with Gasteiger partial charge >= 0.3 is 0 Å². The highest BCUT2D eigenvalue weighted by molar-refractivity contribution is 5.94. The van der Waals surface area contributed by atoms with Gasteiger partial charge in [-0.3, -0.25) is 4.79 Å². The van der Waals surface area contributed by atoms with Crippen LogP contribution in [0.5, 0.6) is 0 Å². The van der Waals surface area contributed by atoms with Gasteiger partial charge in [0.05, 0.1) is 17.9 Å². The number of imidazole rings is 1. The molecule has 7 heteroatoms. The maximum Gasteiger partial charge on any atom is 0.274 e. The fraction of sp³-hybridized carbons (Fsp3) is 0.227. The Morgan fingerprint density at radius 3 is 2.69 bits per heavy atom. The molecule has 0 bridgehead atoms. The molecule has 4 rings (SSSR count). The number of pyridine rings is 1. The quantitative estimate of drug-likeness (QED) is 0.525. The van der Waals surface area contributed by atoms with Crippen LogP contribution in [0.1, 0.15) is 33.2 Å². The Kier molecular flexibility index (Phi) is 5.39. The van der Waals surface area contributed by atoms with Crippen LogP contribution >= 0.6 is 0 Å². The second kappa shape index (κ2) is 8.28. The number of benzene rings is 1. The Labute approximate surface area is 169 Å². The zero-order chi connectivity index (χ0) is 20.2. The number of nitrogens with zero attached hydrogens (tertiary/aromatic N) is 4. The van der Waals surface area contributed by atoms with Crippen molar-refractivity contribution in [1.29, 1.82) is 0 Å². The second-order valence-corrected chi connectivity index (χ2v) is 7.02. The molecule has 0 atom stereocenters. The van der Waals surface area contributed by atoms with Crippen LogP contribution in [0.4, 0.5) is 0 Å². The molecule has 29 heavy (non-hydrogen) atoms. The molecule has 1 N–H and O–H groups in total. The highest BCUT2D eigenvalue weighted by Gasteiger charge is 2.22. The minimum absolute atomic E-state index is 0.107. The molecule has 3 heterocycles. The van der Waals surface area contributed by atoms with E-state index < -0.39 is 0 Å². The fourth-order valence-corrected chi connectivity index (χ4v) is 3.30. The number of amides is 1. The van der Waals surface area contributed by atoms with Gasteiger partial charge in [-0.1, -0.05) is 41.6 Å². The summed E-state index contributed by atoms with van der Waals surface area (Å²) < 4.78 is 7.19. The summed E-state index contributed by atoms with van der Waals surface area (Å²) in [7, 11) is 1.80. The van der Waals surface area contributed by atoms with Gasteiger partial charge in [-0.15, -0.1) is 0 Å². The number of aryl methyl sites for hydroxylation is 1. The predicted octanol–water partition coefficient (Wildman–Crippen LogP) is 3.19. The van der Waals surface area contributed by atoms with E-state index >= 15 is 0 Å². The van der Waals surface area contributed by atoms with E-state index in [1.807, 2.05) is 72.1 Å². The van der Waals surface area contributed by atoms with Crippen LogP contribution in [0.15, 0.2) is 65.3 Å². The average Bonchev–Trinajstić information content (AvgIpc) is 3.32. The van der Waals surface area contributed by atoms with Crippen LogP contribution in [0, 0.1) is 6.92 Å². The molecule has 0 saturated heterocycles. The first kappa shape index (κ1) is 18.9. The first-order valence-corrected chi connectivity index (χ1v) is 9.50. The van der Waals surface area contributed by atoms with E-state index in [2.05, 4.69) is 15.5 Å². The lowest BCUT2D eigenvalue weighted by Gasteiger charge is -2.17. The SMILES string of the molecule is Cc1cc(CNCc2c(C(=O)N(C)Cc3ccccc3)nc3ccccn23)on1. The maximum absolute atomic E-state index is 13.2. The molecule has 0 fully saturated rings. The molecule has 0 unspecified atom stereocenters. The molecule has 1 aromatic carbocycles. The number of fused-ring (bicyclic) bond motifs is 1. The summed E-state index contributed by atoms with van der Waals surface area (Å²) in [6.07, 6.45) is 1.92. The van der Waals surface area contributed by atoms with Crippen molar-refractivity contribution in [2.24, 2.45) is 0 Å². The number of hydrogen-bond acceptors (Lipinski definition) is 5. The van der Waals surface area contributed by atoms with Gasteiger partial charge in [-0.2, -0.15) is 0 Å². The van der Waals surface area contributed by atoms with E-state index in [1.54, 1.807) is 11.9 Å². The van der Waals surface area contributed by atoms with Gasteiger partial charge in [-0.05, 0) is 24.6 Å². The lowest BCUT2D eigenvalue weighted by atomic mass is 10.2. The number of rotatable bonds is 7. The molecule has 7 nitrogen and oxygen atoms in total. The summed E-state index contributed by atoms with van der Waals surface area (Å²) in [5.74, 6) is 0.648. The number of carbonyl (C=O) groups is 1. The lowest BCUT2D eigenvalue weighted by molar-refractivity contribution is 0.0778. The van der Waals surface area contributed by atoms with Gasteiger partial charge < -0.3 is 19.1 Å². The normalized spacial score (nSPS) is 11.1. The third kappa shape index (κ3) is 4.20. The van der Waals surface area contributed by atoms with E-state index in [4.69, 9.17) is 4.52 Å². The molecule has 0 aliphatic rings. The van der Waals surface area contributed by atoms with Crippen LogP contribution in [0.2, 0.25) is 0 Å². The Morgan fingerprint density at radius 2 is 1.93 bits per heavy atom. The summed E-state index contributed by atoms with van der Waals surface area (Å²) in [5.41, 5.74) is 3.94. The van der Waals surface area contributed by atoms with E-state index in [0.29, 0.717) is 25.3 Å². The summed E-state index contributed by atoms with van der Waals surface area (Å²) in [6.45, 7) is 3.41. The standard InChI is InChI=1S/C22H23N5O2/c1-16-12-18(29-25-16)13-23-14-19-21(24-20-10-6-7-11-27(19)20)22(28)26(2)15-17-8-4-3-5-9-17/h3-12,23H,13-15H2,1-2H3. The molecule has 0 spiro atoms. The van der Waals surface area contributed by atoms with Crippen LogP contribution in [-0.4, -0.2) is 32.4 Å². The van der Waals surface area contributed by atoms with Crippen molar-refractivity contribution in [3.8, 4) is 0 Å². The Balaban J connectivity index is 1.56. The van der Waals surface area contributed by atoms with Crippen molar-refractivity contribution in [3.63, 3.8) is 0 Å². The minimum atomic E-state index is -0.107. The first-order valence-electron chi connectivity index (χ1n) is 9.50. The summed E-state index contributed by atoms with van der Waals surface area (Å²) in [6, 6.07) is 17.6. The minimum Gasteiger partial charge on any atom is -0.360 e. The smallest absolute Gasteiger partial charge is 0.274 e. The summed E-state index contributed by atoms with van der Waals surface area (Å²) in [4.78, 5) is 19.5. The van der Waals surface area contributed by atoms with Gasteiger partial charge in [-0.25, -0.2) is 4.98 Å². The van der Waals surface area contributed by atoms with Gasteiger partial charge in [0.1, 0.15) is 5.65 Å². The molecule has 1 amide bonds. The largest absolute Gasteiger partial charge is 0.360 e. The Bertz CT molecular complexity index is 1120. The van der Waals surface area contributed by atoms with Crippen molar-refractivity contribution >= 4 is 11.6 Å². The Hall–Kier alpha value is -3.45. The van der Waals surface area contributed by atoms with Crippen molar-refractivity contribution in [1.82, 2.24) is 24.8 Å². The molecular weight excluding hydrogens is 366 g/mol. The van der Waals surface area contributed by atoms with Crippen molar-refractivity contribution < 1.29 is 9.32 Å². The zero-order valence-corrected chi connectivity index (χ0v) is 16.5. The summed E-state index contributed by atoms with van der Waals surface area (Å²) in [5, 5.41) is 7.23. The Morgan fingerprint density at radius 1 is 1.14 bits per heavy atom. The molecule has 0 saturated carbocycles. The third-order valence-corrected chi connectivity index (χ3v) is 4.71.